The second kappa shape index (κ2) is 13.8. The zero-order chi connectivity index (χ0) is 21.8. The van der Waals surface area contributed by atoms with E-state index in [1.54, 1.807) is 0 Å². The second-order valence-electron chi connectivity index (χ2n) is 7.84. The van der Waals surface area contributed by atoms with Gasteiger partial charge in [0.2, 0.25) is 5.28 Å². The van der Waals surface area contributed by atoms with E-state index in [0.717, 1.165) is 37.1 Å². The predicted molar refractivity (Wildman–Crippen MR) is 122 cm³/mol. The Hall–Kier alpha value is -1.40. The Morgan fingerprint density at radius 2 is 1.37 bits per heavy atom. The van der Waals surface area contributed by atoms with E-state index in [0.29, 0.717) is 17.2 Å². The molecule has 0 aliphatic carbocycles. The number of hydrogen-bond acceptors (Lipinski definition) is 5. The molecule has 6 nitrogen and oxygen atoms in total. The van der Waals surface area contributed by atoms with E-state index in [1.807, 2.05) is 6.92 Å². The highest BCUT2D eigenvalue weighted by Crippen LogP contribution is 2.24. The fourth-order valence-corrected chi connectivity index (χ4v) is 4.23. The molecular formula is C22H34Cl2N4O2. The fraction of sp³-hybridized carbons (Fsp3) is 0.727. The molecule has 0 aliphatic rings. The number of fused-ring (bicyclic) bond motifs is 1. The highest BCUT2D eigenvalue weighted by Gasteiger charge is 2.14. The van der Waals surface area contributed by atoms with Gasteiger partial charge in [-0.15, -0.1) is 0 Å². The highest BCUT2D eigenvalue weighted by atomic mass is 35.5. The second-order valence-corrected chi connectivity index (χ2v) is 8.53. The number of esters is 1. The number of imidazole rings is 1. The lowest BCUT2D eigenvalue weighted by Crippen LogP contribution is -2.01. The van der Waals surface area contributed by atoms with Gasteiger partial charge in [0.25, 0.3) is 0 Å². The number of methoxy groups -OCH3 is 1. The van der Waals surface area contributed by atoms with Crippen LogP contribution in [0.1, 0.15) is 89.3 Å². The number of carbonyl (C=O) groups excluding carboxylic acids is 1. The lowest BCUT2D eigenvalue weighted by atomic mass is 10.0. The van der Waals surface area contributed by atoms with Crippen molar-refractivity contribution in [2.45, 2.75) is 96.9 Å². The summed E-state index contributed by atoms with van der Waals surface area (Å²) in [6, 6.07) is 0. The van der Waals surface area contributed by atoms with Gasteiger partial charge >= 0.3 is 5.97 Å². The minimum Gasteiger partial charge on any atom is -0.469 e. The van der Waals surface area contributed by atoms with E-state index in [-0.39, 0.29) is 11.3 Å². The molecule has 0 atom stereocenters. The maximum absolute atomic E-state index is 11.0. The van der Waals surface area contributed by atoms with Crippen molar-refractivity contribution in [3.8, 4) is 0 Å². The van der Waals surface area contributed by atoms with Crippen LogP contribution in [0.2, 0.25) is 10.4 Å². The average Bonchev–Trinajstić information content (AvgIpc) is 3.03. The van der Waals surface area contributed by atoms with Gasteiger partial charge in [0.05, 0.1) is 7.11 Å². The lowest BCUT2D eigenvalue weighted by molar-refractivity contribution is -0.140. The van der Waals surface area contributed by atoms with Crippen LogP contribution in [0.5, 0.6) is 0 Å². The Morgan fingerprint density at radius 3 is 1.93 bits per heavy atom. The minimum absolute atomic E-state index is 0.0914. The third kappa shape index (κ3) is 8.38. The molecule has 8 heteroatoms. The first-order chi connectivity index (χ1) is 14.5. The molecule has 0 radical (unpaired) electrons. The smallest absolute Gasteiger partial charge is 0.305 e. The Bertz CT molecular complexity index is 795. The topological polar surface area (TPSA) is 69.9 Å². The molecule has 2 rings (SSSR count). The van der Waals surface area contributed by atoms with Crippen molar-refractivity contribution in [2.24, 2.45) is 0 Å². The number of hydrogen-bond donors (Lipinski definition) is 0. The summed E-state index contributed by atoms with van der Waals surface area (Å²) in [5, 5.41) is 0.504. The fourth-order valence-electron chi connectivity index (χ4n) is 3.76. The Morgan fingerprint density at radius 1 is 0.833 bits per heavy atom. The van der Waals surface area contributed by atoms with Gasteiger partial charge in [-0.1, -0.05) is 75.8 Å². The first-order valence-corrected chi connectivity index (χ1v) is 11.9. The average molecular weight is 457 g/mol. The highest BCUT2D eigenvalue weighted by molar-refractivity contribution is 6.35. The molecule has 0 amide bonds. The summed E-state index contributed by atoms with van der Waals surface area (Å²) in [6.07, 6.45) is 15.2. The molecule has 0 saturated carbocycles. The van der Waals surface area contributed by atoms with Gasteiger partial charge in [-0.3, -0.25) is 4.79 Å². The van der Waals surface area contributed by atoms with Crippen molar-refractivity contribution in [1.82, 2.24) is 19.5 Å². The number of rotatable bonds is 15. The molecule has 0 aliphatic heterocycles. The molecule has 2 heterocycles. The third-order valence-corrected chi connectivity index (χ3v) is 5.90. The SMILES string of the molecule is COC(=O)CCCCCCCCCCCCCCn1c(C)nc2nc(Cl)nc(Cl)c21. The Labute approximate surface area is 189 Å². The Kier molecular flexibility index (Phi) is 11.4. The van der Waals surface area contributed by atoms with Crippen molar-refractivity contribution in [3.63, 3.8) is 0 Å². The van der Waals surface area contributed by atoms with E-state index in [2.05, 4.69) is 24.3 Å². The summed E-state index contributed by atoms with van der Waals surface area (Å²) in [6.45, 7) is 2.84. The normalized spacial score (nSPS) is 11.3. The van der Waals surface area contributed by atoms with E-state index >= 15 is 0 Å². The van der Waals surface area contributed by atoms with Crippen molar-refractivity contribution in [1.29, 1.82) is 0 Å². The first-order valence-electron chi connectivity index (χ1n) is 11.2. The molecule has 0 saturated heterocycles. The van der Waals surface area contributed by atoms with Crippen LogP contribution < -0.4 is 0 Å². The van der Waals surface area contributed by atoms with Gasteiger partial charge in [0, 0.05) is 13.0 Å². The number of aryl methyl sites for hydroxylation is 2. The summed E-state index contributed by atoms with van der Waals surface area (Å²) in [4.78, 5) is 23.7. The molecule has 0 fully saturated rings. The summed E-state index contributed by atoms with van der Waals surface area (Å²) in [5.41, 5.74) is 1.35. The number of halogens is 2. The van der Waals surface area contributed by atoms with E-state index in [1.165, 1.54) is 64.9 Å². The zero-order valence-corrected chi connectivity index (χ0v) is 19.8. The van der Waals surface area contributed by atoms with Gasteiger partial charge in [-0.25, -0.2) is 9.97 Å². The summed E-state index contributed by atoms with van der Waals surface area (Å²) < 4.78 is 6.75. The van der Waals surface area contributed by atoms with Crippen LogP contribution in [0, 0.1) is 6.92 Å². The quantitative estimate of drug-likeness (QED) is 0.129. The van der Waals surface area contributed by atoms with Gasteiger partial charge in [0.1, 0.15) is 11.3 Å². The van der Waals surface area contributed by atoms with Gasteiger partial charge in [-0.05, 0) is 31.4 Å². The summed E-state index contributed by atoms with van der Waals surface area (Å²) in [5.74, 6) is 0.806. The number of aromatic nitrogens is 4. The van der Waals surface area contributed by atoms with Crippen molar-refractivity contribution in [2.75, 3.05) is 7.11 Å². The number of nitrogens with zero attached hydrogens (tertiary/aromatic N) is 4. The van der Waals surface area contributed by atoms with Crippen LogP contribution in [0.3, 0.4) is 0 Å². The first kappa shape index (κ1) is 24.9. The van der Waals surface area contributed by atoms with Gasteiger partial charge in [-0.2, -0.15) is 4.98 Å². The van der Waals surface area contributed by atoms with Gasteiger partial charge in [0.15, 0.2) is 10.8 Å². The molecule has 0 aromatic carbocycles. The number of carbonyl (C=O) groups is 1. The Balaban J connectivity index is 1.48. The van der Waals surface area contributed by atoms with Crippen LogP contribution in [-0.4, -0.2) is 32.6 Å². The van der Waals surface area contributed by atoms with Crippen molar-refractivity contribution >= 4 is 40.3 Å². The maximum atomic E-state index is 11.0. The molecule has 2 aromatic rings. The summed E-state index contributed by atoms with van der Waals surface area (Å²) in [7, 11) is 1.45. The van der Waals surface area contributed by atoms with Crippen LogP contribution in [0.4, 0.5) is 0 Å². The molecule has 0 unspecified atom stereocenters. The monoisotopic (exact) mass is 456 g/mol. The number of ether oxygens (including phenoxy) is 1. The molecule has 0 bridgehead atoms. The summed E-state index contributed by atoms with van der Waals surface area (Å²) >= 11 is 12.1. The molecule has 2 aromatic heterocycles. The van der Waals surface area contributed by atoms with Crippen LogP contribution in [0.25, 0.3) is 11.2 Å². The van der Waals surface area contributed by atoms with Crippen LogP contribution in [0.15, 0.2) is 0 Å². The van der Waals surface area contributed by atoms with Crippen LogP contribution in [-0.2, 0) is 16.1 Å². The number of unbranched alkanes of at least 4 members (excludes halogenated alkanes) is 11. The molecule has 30 heavy (non-hydrogen) atoms. The maximum Gasteiger partial charge on any atom is 0.305 e. The zero-order valence-electron chi connectivity index (χ0n) is 18.3. The van der Waals surface area contributed by atoms with E-state index in [9.17, 15) is 4.79 Å². The minimum atomic E-state index is -0.0914. The molecular weight excluding hydrogens is 423 g/mol. The third-order valence-electron chi connectivity index (χ3n) is 5.46. The van der Waals surface area contributed by atoms with E-state index in [4.69, 9.17) is 23.2 Å². The lowest BCUT2D eigenvalue weighted by Gasteiger charge is -2.07. The van der Waals surface area contributed by atoms with Crippen LogP contribution >= 0.6 is 23.2 Å². The molecule has 0 spiro atoms. The van der Waals surface area contributed by atoms with Crippen molar-refractivity contribution in [3.05, 3.63) is 16.3 Å². The van der Waals surface area contributed by atoms with Crippen molar-refractivity contribution < 1.29 is 9.53 Å². The predicted octanol–water partition coefficient (Wildman–Crippen LogP) is 6.69. The molecule has 168 valence electrons. The standard InChI is InChI=1S/C22H34Cl2N4O2/c1-17-25-21-19(20(23)26-22(24)27-21)28(17)16-14-12-10-8-6-4-3-5-7-9-11-13-15-18(29)30-2/h3-16H2,1-2H3. The largest absolute Gasteiger partial charge is 0.469 e. The van der Waals surface area contributed by atoms with Gasteiger partial charge < -0.3 is 9.30 Å². The molecule has 0 N–H and O–H groups in total. The van der Waals surface area contributed by atoms with E-state index < -0.39 is 0 Å².